The van der Waals surface area contributed by atoms with Gasteiger partial charge in [0.05, 0.1) is 19.1 Å². The van der Waals surface area contributed by atoms with Gasteiger partial charge in [-0.05, 0) is 13.0 Å². The predicted octanol–water partition coefficient (Wildman–Crippen LogP) is -1.06. The maximum Gasteiger partial charge on any atom is 0.315 e. The zero-order valence-corrected chi connectivity index (χ0v) is 12.6. The van der Waals surface area contributed by atoms with E-state index in [1.165, 1.54) is 14.0 Å². The van der Waals surface area contributed by atoms with Gasteiger partial charge in [0.15, 0.2) is 18.2 Å². The topological polar surface area (TPSA) is 112 Å². The van der Waals surface area contributed by atoms with Gasteiger partial charge in [-0.1, -0.05) is 6.08 Å². The Balaban J connectivity index is 1.73. The third kappa shape index (κ3) is 1.74. The van der Waals surface area contributed by atoms with Gasteiger partial charge in [0, 0.05) is 5.92 Å². The number of aliphatic hydroxyl groups is 2. The van der Waals surface area contributed by atoms with Crippen LogP contribution in [0.3, 0.4) is 0 Å². The first kappa shape index (κ1) is 15.1. The second-order valence-corrected chi connectivity index (χ2v) is 6.50. The summed E-state index contributed by atoms with van der Waals surface area (Å²) < 4.78 is 21.6. The fourth-order valence-corrected chi connectivity index (χ4v) is 4.43. The van der Waals surface area contributed by atoms with Crippen molar-refractivity contribution in [1.82, 2.24) is 0 Å². The lowest BCUT2D eigenvalue weighted by atomic mass is 9.74. The fourth-order valence-electron chi connectivity index (χ4n) is 4.43. The summed E-state index contributed by atoms with van der Waals surface area (Å²) in [5, 5.41) is 20.0. The summed E-state index contributed by atoms with van der Waals surface area (Å²) in [4.78, 5) is 24.1. The smallest absolute Gasteiger partial charge is 0.315 e. The summed E-state index contributed by atoms with van der Waals surface area (Å²) in [7, 11) is 1.24. The number of esters is 2. The van der Waals surface area contributed by atoms with Gasteiger partial charge in [0.1, 0.15) is 17.9 Å². The number of ether oxygens (including phenoxy) is 4. The molecule has 126 valence electrons. The van der Waals surface area contributed by atoms with Crippen LogP contribution in [0.2, 0.25) is 0 Å². The summed E-state index contributed by atoms with van der Waals surface area (Å²) in [6, 6.07) is 0. The number of hydrogen-bond acceptors (Lipinski definition) is 8. The third-order valence-corrected chi connectivity index (χ3v) is 5.40. The molecule has 0 bridgehead atoms. The molecule has 1 spiro atoms. The standard InChI is InChI=1S/C15H18O8/c1-5(16)7-10-15(23-13(7)19)4-3-6-8(11(17)20-2)12(18)22-14(21-10)9(6)15/h3-10,12,14,16,18H,1-2H3/t5-,6+,7-,8+,9+,10-,12-,14+,15+/m0/s1. The van der Waals surface area contributed by atoms with E-state index in [2.05, 4.69) is 0 Å². The second-order valence-electron chi connectivity index (χ2n) is 6.50. The average Bonchev–Trinajstić information content (AvgIpc) is 3.06. The lowest BCUT2D eigenvalue weighted by Crippen LogP contribution is -2.52. The molecule has 0 saturated carbocycles. The molecule has 0 aromatic carbocycles. The molecule has 9 atom stereocenters. The van der Waals surface area contributed by atoms with Gasteiger partial charge in [0.25, 0.3) is 0 Å². The minimum atomic E-state index is -1.37. The number of aliphatic hydroxyl groups excluding tert-OH is 2. The number of rotatable bonds is 2. The Bertz CT molecular complexity index is 586. The van der Waals surface area contributed by atoms with Crippen LogP contribution in [0.5, 0.6) is 0 Å². The molecule has 0 radical (unpaired) electrons. The van der Waals surface area contributed by atoms with Crippen molar-refractivity contribution in [2.45, 2.75) is 37.3 Å². The average molecular weight is 326 g/mol. The van der Waals surface area contributed by atoms with E-state index in [-0.39, 0.29) is 0 Å². The summed E-state index contributed by atoms with van der Waals surface area (Å²) in [6.45, 7) is 1.50. The molecule has 0 unspecified atom stereocenters. The van der Waals surface area contributed by atoms with Crippen molar-refractivity contribution in [2.75, 3.05) is 7.11 Å². The summed E-state index contributed by atoms with van der Waals surface area (Å²) in [5.74, 6) is -3.75. The molecule has 3 aliphatic heterocycles. The van der Waals surface area contributed by atoms with Crippen molar-refractivity contribution in [2.24, 2.45) is 23.7 Å². The van der Waals surface area contributed by atoms with E-state index in [1.807, 2.05) is 0 Å². The Morgan fingerprint density at radius 2 is 2.17 bits per heavy atom. The Kier molecular flexibility index (Phi) is 3.12. The number of carbonyl (C=O) groups excluding carboxylic acids is 2. The molecular weight excluding hydrogens is 308 g/mol. The summed E-state index contributed by atoms with van der Waals surface area (Å²) >= 11 is 0. The first-order valence-electron chi connectivity index (χ1n) is 7.58. The number of methoxy groups -OCH3 is 1. The maximum atomic E-state index is 12.1. The van der Waals surface area contributed by atoms with Gasteiger partial charge in [-0.25, -0.2) is 0 Å². The molecule has 4 rings (SSSR count). The minimum absolute atomic E-state index is 0.429. The molecule has 23 heavy (non-hydrogen) atoms. The van der Waals surface area contributed by atoms with Crippen LogP contribution in [0.1, 0.15) is 6.92 Å². The molecule has 2 N–H and O–H groups in total. The lowest BCUT2D eigenvalue weighted by Gasteiger charge is -2.39. The molecule has 0 aromatic rings. The van der Waals surface area contributed by atoms with E-state index in [1.54, 1.807) is 12.2 Å². The first-order valence-corrected chi connectivity index (χ1v) is 7.58. The quantitative estimate of drug-likeness (QED) is 0.488. The van der Waals surface area contributed by atoms with E-state index in [0.29, 0.717) is 0 Å². The zero-order valence-electron chi connectivity index (χ0n) is 12.6. The Morgan fingerprint density at radius 3 is 2.83 bits per heavy atom. The molecule has 8 heteroatoms. The molecule has 0 aromatic heterocycles. The van der Waals surface area contributed by atoms with Gasteiger partial charge in [-0.2, -0.15) is 0 Å². The van der Waals surface area contributed by atoms with Crippen LogP contribution in [0.25, 0.3) is 0 Å². The zero-order chi connectivity index (χ0) is 16.5. The van der Waals surface area contributed by atoms with Crippen LogP contribution in [0.15, 0.2) is 12.2 Å². The second kappa shape index (κ2) is 4.76. The van der Waals surface area contributed by atoms with Crippen LogP contribution in [-0.4, -0.2) is 59.7 Å². The van der Waals surface area contributed by atoms with Crippen molar-refractivity contribution < 1.29 is 38.7 Å². The third-order valence-electron chi connectivity index (χ3n) is 5.40. The Hall–Kier alpha value is -1.48. The van der Waals surface area contributed by atoms with Gasteiger partial charge in [0.2, 0.25) is 0 Å². The Labute approximate surface area is 132 Å². The van der Waals surface area contributed by atoms with Gasteiger partial charge in [-0.3, -0.25) is 9.59 Å². The Morgan fingerprint density at radius 1 is 1.43 bits per heavy atom. The van der Waals surface area contributed by atoms with Crippen LogP contribution in [-0.2, 0) is 28.5 Å². The molecule has 8 nitrogen and oxygen atoms in total. The van der Waals surface area contributed by atoms with Crippen molar-refractivity contribution in [3.05, 3.63) is 12.2 Å². The van der Waals surface area contributed by atoms with Crippen molar-refractivity contribution in [3.8, 4) is 0 Å². The highest BCUT2D eigenvalue weighted by molar-refractivity contribution is 5.79. The van der Waals surface area contributed by atoms with E-state index in [0.717, 1.165) is 0 Å². The number of hydrogen-bond donors (Lipinski definition) is 2. The van der Waals surface area contributed by atoms with Crippen molar-refractivity contribution in [3.63, 3.8) is 0 Å². The molecule has 4 aliphatic rings. The monoisotopic (exact) mass is 326 g/mol. The fraction of sp³-hybridized carbons (Fsp3) is 0.733. The molecule has 3 heterocycles. The highest BCUT2D eigenvalue weighted by Crippen LogP contribution is 2.59. The van der Waals surface area contributed by atoms with E-state index in [9.17, 15) is 19.8 Å². The van der Waals surface area contributed by atoms with Crippen LogP contribution in [0, 0.1) is 23.7 Å². The van der Waals surface area contributed by atoms with E-state index in [4.69, 9.17) is 18.9 Å². The van der Waals surface area contributed by atoms with Crippen molar-refractivity contribution >= 4 is 11.9 Å². The largest absolute Gasteiger partial charge is 0.469 e. The highest BCUT2D eigenvalue weighted by Gasteiger charge is 2.73. The predicted molar refractivity (Wildman–Crippen MR) is 71.4 cm³/mol. The lowest BCUT2D eigenvalue weighted by molar-refractivity contribution is -0.288. The van der Waals surface area contributed by atoms with Crippen LogP contribution < -0.4 is 0 Å². The van der Waals surface area contributed by atoms with Crippen LogP contribution in [0.4, 0.5) is 0 Å². The van der Waals surface area contributed by atoms with Crippen LogP contribution >= 0.6 is 0 Å². The summed E-state index contributed by atoms with van der Waals surface area (Å²) in [5.41, 5.74) is -1.07. The summed E-state index contributed by atoms with van der Waals surface area (Å²) in [6.07, 6.45) is -0.392. The molecule has 1 aliphatic carbocycles. The maximum absolute atomic E-state index is 12.1. The van der Waals surface area contributed by atoms with Gasteiger partial charge < -0.3 is 29.2 Å². The van der Waals surface area contributed by atoms with Crippen molar-refractivity contribution in [1.29, 1.82) is 0 Å². The first-order chi connectivity index (χ1) is 10.9. The van der Waals surface area contributed by atoms with Gasteiger partial charge in [-0.15, -0.1) is 0 Å². The van der Waals surface area contributed by atoms with Gasteiger partial charge >= 0.3 is 11.9 Å². The SMILES string of the molecule is COC(=O)[C@H]1[C@H]2C=C[C@]34OC(=O)[C@@H]([C@H](C)O)[C@@H]3O[C@H](O[C@@H]1O)[C@@H]24. The van der Waals surface area contributed by atoms with E-state index < -0.39 is 66.0 Å². The minimum Gasteiger partial charge on any atom is -0.469 e. The van der Waals surface area contributed by atoms with E-state index >= 15 is 0 Å². The normalized spacial score (nSPS) is 51.1. The molecular formula is C15H18O8. The number of allylic oxidation sites excluding steroid dienone is 1. The molecule has 3 saturated heterocycles. The highest BCUT2D eigenvalue weighted by atomic mass is 16.8. The number of carbonyl (C=O) groups is 2. The molecule has 0 amide bonds. The molecule has 3 fully saturated rings.